The van der Waals surface area contributed by atoms with Gasteiger partial charge in [-0.1, -0.05) is 11.6 Å². The van der Waals surface area contributed by atoms with Crippen LogP contribution in [-0.4, -0.2) is 19.2 Å². The standard InChI is InChI=1S/C10H11ClN2O2/c1-14-5-3-4-6(15-2)9-7(5)8(12)10(11)13-9/h3-4,13H,12H2,1-2H3. The summed E-state index contributed by atoms with van der Waals surface area (Å²) in [6, 6.07) is 3.59. The molecule has 0 fully saturated rings. The number of ether oxygens (including phenoxy) is 2. The SMILES string of the molecule is COc1ccc(OC)c2c(N)c(Cl)[nH]c12. The highest BCUT2D eigenvalue weighted by Gasteiger charge is 2.15. The molecule has 0 atom stereocenters. The Hall–Kier alpha value is -1.55. The molecule has 1 heterocycles. The van der Waals surface area contributed by atoms with Crippen LogP contribution in [0.1, 0.15) is 0 Å². The van der Waals surface area contributed by atoms with Gasteiger partial charge in [-0.25, -0.2) is 0 Å². The minimum atomic E-state index is 0.396. The molecule has 0 bridgehead atoms. The van der Waals surface area contributed by atoms with Crippen molar-refractivity contribution in [3.8, 4) is 11.5 Å². The average Bonchev–Trinajstić information content (AvgIpc) is 2.55. The monoisotopic (exact) mass is 226 g/mol. The number of anilines is 1. The Morgan fingerprint density at radius 1 is 1.20 bits per heavy atom. The van der Waals surface area contributed by atoms with Gasteiger partial charge in [-0.2, -0.15) is 0 Å². The van der Waals surface area contributed by atoms with Crippen LogP contribution in [0, 0.1) is 0 Å². The molecule has 0 aliphatic carbocycles. The first kappa shape index (κ1) is 9.98. The van der Waals surface area contributed by atoms with Crippen LogP contribution in [0.15, 0.2) is 12.1 Å². The average molecular weight is 227 g/mol. The highest BCUT2D eigenvalue weighted by molar-refractivity contribution is 6.34. The smallest absolute Gasteiger partial charge is 0.143 e. The van der Waals surface area contributed by atoms with Gasteiger partial charge in [-0.3, -0.25) is 0 Å². The predicted molar refractivity (Wildman–Crippen MR) is 60.8 cm³/mol. The molecule has 1 aromatic heterocycles. The molecule has 80 valence electrons. The Morgan fingerprint density at radius 2 is 1.80 bits per heavy atom. The summed E-state index contributed by atoms with van der Waals surface area (Å²) >= 11 is 5.92. The van der Waals surface area contributed by atoms with Crippen molar-refractivity contribution >= 4 is 28.2 Å². The van der Waals surface area contributed by atoms with E-state index in [1.807, 2.05) is 0 Å². The molecule has 0 aliphatic rings. The summed E-state index contributed by atoms with van der Waals surface area (Å²) in [7, 11) is 3.17. The number of hydrogen-bond acceptors (Lipinski definition) is 3. The zero-order valence-corrected chi connectivity index (χ0v) is 9.18. The number of benzene rings is 1. The number of rotatable bonds is 2. The van der Waals surface area contributed by atoms with Gasteiger partial charge in [0.05, 0.1) is 30.8 Å². The van der Waals surface area contributed by atoms with E-state index in [-0.39, 0.29) is 0 Å². The maximum atomic E-state index is 5.92. The van der Waals surface area contributed by atoms with Crippen LogP contribution in [0.2, 0.25) is 5.15 Å². The quantitative estimate of drug-likeness (QED) is 0.827. The molecule has 0 amide bonds. The van der Waals surface area contributed by atoms with Gasteiger partial charge in [-0.05, 0) is 12.1 Å². The third-order valence-corrected chi connectivity index (χ3v) is 2.61. The van der Waals surface area contributed by atoms with Crippen molar-refractivity contribution in [2.24, 2.45) is 0 Å². The number of halogens is 1. The van der Waals surface area contributed by atoms with Crippen LogP contribution in [0.5, 0.6) is 11.5 Å². The minimum absolute atomic E-state index is 0.396. The molecule has 5 heteroatoms. The topological polar surface area (TPSA) is 60.3 Å². The minimum Gasteiger partial charge on any atom is -0.496 e. The zero-order chi connectivity index (χ0) is 11.0. The lowest BCUT2D eigenvalue weighted by molar-refractivity contribution is 0.410. The number of H-pyrrole nitrogens is 1. The van der Waals surface area contributed by atoms with Crippen molar-refractivity contribution in [3.05, 3.63) is 17.3 Å². The fraction of sp³-hybridized carbons (Fsp3) is 0.200. The number of aromatic nitrogens is 1. The molecule has 0 unspecified atom stereocenters. The number of methoxy groups -OCH3 is 2. The number of aromatic amines is 1. The lowest BCUT2D eigenvalue weighted by Gasteiger charge is -2.06. The Bertz CT molecular complexity index is 508. The summed E-state index contributed by atoms with van der Waals surface area (Å²) < 4.78 is 10.4. The van der Waals surface area contributed by atoms with E-state index in [4.69, 9.17) is 26.8 Å². The highest BCUT2D eigenvalue weighted by Crippen LogP contribution is 2.39. The molecule has 0 radical (unpaired) electrons. The molecule has 0 spiro atoms. The van der Waals surface area contributed by atoms with Crippen LogP contribution in [-0.2, 0) is 0 Å². The maximum Gasteiger partial charge on any atom is 0.143 e. The first-order chi connectivity index (χ1) is 7.19. The second kappa shape index (κ2) is 3.55. The normalized spacial score (nSPS) is 10.6. The van der Waals surface area contributed by atoms with E-state index in [1.165, 1.54) is 0 Å². The summed E-state index contributed by atoms with van der Waals surface area (Å²) in [5.41, 5.74) is 7.06. The van der Waals surface area contributed by atoms with Gasteiger partial charge in [0.15, 0.2) is 0 Å². The van der Waals surface area contributed by atoms with Crippen LogP contribution < -0.4 is 15.2 Å². The van der Waals surface area contributed by atoms with Gasteiger partial charge in [0.1, 0.15) is 16.7 Å². The van der Waals surface area contributed by atoms with Gasteiger partial charge in [0.25, 0.3) is 0 Å². The Balaban J connectivity index is 2.86. The summed E-state index contributed by atoms with van der Waals surface area (Å²) in [5.74, 6) is 1.36. The van der Waals surface area contributed by atoms with Crippen LogP contribution in [0.3, 0.4) is 0 Å². The second-order valence-electron chi connectivity index (χ2n) is 3.07. The van der Waals surface area contributed by atoms with Gasteiger partial charge in [0.2, 0.25) is 0 Å². The molecular formula is C10H11ClN2O2. The Labute approximate surface area is 91.9 Å². The summed E-state index contributed by atoms with van der Waals surface area (Å²) in [6.45, 7) is 0. The lowest BCUT2D eigenvalue weighted by atomic mass is 10.2. The van der Waals surface area contributed by atoms with Crippen LogP contribution >= 0.6 is 11.6 Å². The lowest BCUT2D eigenvalue weighted by Crippen LogP contribution is -1.90. The third-order valence-electron chi connectivity index (χ3n) is 2.31. The van der Waals surface area contributed by atoms with E-state index < -0.39 is 0 Å². The first-order valence-electron chi connectivity index (χ1n) is 4.36. The largest absolute Gasteiger partial charge is 0.496 e. The van der Waals surface area contributed by atoms with E-state index in [0.29, 0.717) is 22.3 Å². The van der Waals surface area contributed by atoms with Crippen molar-refractivity contribution in [1.82, 2.24) is 4.98 Å². The summed E-state index contributed by atoms with van der Waals surface area (Å²) in [6.07, 6.45) is 0. The van der Waals surface area contributed by atoms with Crippen molar-refractivity contribution in [1.29, 1.82) is 0 Å². The van der Waals surface area contributed by atoms with Crippen molar-refractivity contribution in [2.75, 3.05) is 20.0 Å². The number of nitrogens with one attached hydrogen (secondary N) is 1. The van der Waals surface area contributed by atoms with E-state index in [9.17, 15) is 0 Å². The van der Waals surface area contributed by atoms with E-state index >= 15 is 0 Å². The number of nitrogens with two attached hydrogens (primary N) is 1. The Morgan fingerprint density at radius 3 is 2.40 bits per heavy atom. The number of hydrogen-bond donors (Lipinski definition) is 2. The second-order valence-corrected chi connectivity index (χ2v) is 3.45. The van der Waals surface area contributed by atoms with Crippen molar-refractivity contribution in [3.63, 3.8) is 0 Å². The third kappa shape index (κ3) is 1.37. The highest BCUT2D eigenvalue weighted by atomic mass is 35.5. The van der Waals surface area contributed by atoms with Gasteiger partial charge in [0, 0.05) is 0 Å². The van der Waals surface area contributed by atoms with Crippen LogP contribution in [0.4, 0.5) is 5.69 Å². The van der Waals surface area contributed by atoms with E-state index in [1.54, 1.807) is 26.4 Å². The summed E-state index contributed by atoms with van der Waals surface area (Å²) in [5, 5.41) is 1.15. The molecule has 0 aliphatic heterocycles. The fourth-order valence-corrected chi connectivity index (χ4v) is 1.77. The number of nitrogen functional groups attached to an aromatic ring is 1. The molecule has 0 saturated heterocycles. The van der Waals surface area contributed by atoms with Gasteiger partial charge >= 0.3 is 0 Å². The fourth-order valence-electron chi connectivity index (χ4n) is 1.58. The first-order valence-corrected chi connectivity index (χ1v) is 4.74. The maximum absolute atomic E-state index is 5.92. The van der Waals surface area contributed by atoms with Crippen molar-refractivity contribution < 1.29 is 9.47 Å². The van der Waals surface area contributed by atoms with Gasteiger partial charge in [-0.15, -0.1) is 0 Å². The number of fused-ring (bicyclic) bond motifs is 1. The van der Waals surface area contributed by atoms with Gasteiger partial charge < -0.3 is 20.2 Å². The molecule has 0 saturated carbocycles. The molecule has 2 rings (SSSR count). The van der Waals surface area contributed by atoms with E-state index in [2.05, 4.69) is 4.98 Å². The zero-order valence-electron chi connectivity index (χ0n) is 8.43. The molecule has 1 aromatic carbocycles. The van der Waals surface area contributed by atoms with Crippen molar-refractivity contribution in [2.45, 2.75) is 0 Å². The van der Waals surface area contributed by atoms with Crippen LogP contribution in [0.25, 0.3) is 10.9 Å². The predicted octanol–water partition coefficient (Wildman–Crippen LogP) is 2.42. The molecular weight excluding hydrogens is 216 g/mol. The van der Waals surface area contributed by atoms with E-state index in [0.717, 1.165) is 10.9 Å². The molecule has 3 N–H and O–H groups in total. The molecule has 2 aromatic rings. The molecule has 15 heavy (non-hydrogen) atoms. The Kier molecular flexibility index (Phi) is 2.36. The molecule has 4 nitrogen and oxygen atoms in total. The summed E-state index contributed by atoms with van der Waals surface area (Å²) in [4.78, 5) is 2.96.